The molecule has 319 valence electrons. The van der Waals surface area contributed by atoms with Gasteiger partial charge in [0.25, 0.3) is 0 Å². The van der Waals surface area contributed by atoms with Crippen LogP contribution in [0.4, 0.5) is 0 Å². The SMILES string of the molecule is CC(C)c1cc(-c2ccccc2)cc(C(C)C)c1-n1c(-c2[c-]cc3c(ccc4ccccc43)c2)nc2ccccc21.[2H]C([2H])([2H])c1c[c-]c(-c2cc(C(C)C)ccn2)cc1-c1ccccc1.[Ir]. The number of pyridine rings is 1. The van der Waals surface area contributed by atoms with Crippen LogP contribution >= 0.6 is 0 Å². The number of hydrogen-bond donors (Lipinski definition) is 0. The van der Waals surface area contributed by atoms with E-state index < -0.39 is 6.85 Å². The van der Waals surface area contributed by atoms with Crippen LogP contribution < -0.4 is 0 Å². The molecule has 10 aromatic rings. The number of imidazole rings is 1. The van der Waals surface area contributed by atoms with E-state index in [0.29, 0.717) is 28.9 Å². The van der Waals surface area contributed by atoms with Crippen LogP contribution in [0.15, 0.2) is 176 Å². The second-order valence-electron chi connectivity index (χ2n) is 17.2. The molecule has 0 saturated heterocycles. The first-order valence-corrected chi connectivity index (χ1v) is 22.0. The Labute approximate surface area is 396 Å². The van der Waals surface area contributed by atoms with Crippen LogP contribution in [0.1, 0.15) is 85.7 Å². The predicted molar refractivity (Wildman–Crippen MR) is 267 cm³/mol. The van der Waals surface area contributed by atoms with Gasteiger partial charge in [-0.1, -0.05) is 186 Å². The van der Waals surface area contributed by atoms with Crippen molar-refractivity contribution >= 4 is 32.6 Å². The van der Waals surface area contributed by atoms with Gasteiger partial charge >= 0.3 is 0 Å². The fourth-order valence-electron chi connectivity index (χ4n) is 8.57. The monoisotopic (exact) mass is 1010 g/mol. The van der Waals surface area contributed by atoms with Crippen molar-refractivity contribution in [3.8, 4) is 50.6 Å². The topological polar surface area (TPSA) is 30.7 Å². The molecule has 0 fully saturated rings. The van der Waals surface area contributed by atoms with Crippen LogP contribution in [0.5, 0.6) is 0 Å². The molecule has 0 saturated carbocycles. The number of aryl methyl sites for hydroxylation is 1. The summed E-state index contributed by atoms with van der Waals surface area (Å²) in [5.74, 6) is 1.98. The number of nitrogens with zero attached hydrogens (tertiary/aromatic N) is 3. The standard InChI is InChI=1S/C39H33N2.C21H20N.Ir/c1-25(2)34-23-31(27-12-6-5-7-13-27)24-35(26(3)4)38(34)41-37-17-11-10-16-36(37)40-39(41)30-20-21-33-29(22-30)19-18-28-14-8-9-15-32(28)33;1-15(2)18-11-12-22-21(14-18)19-10-9-16(3)20(13-19)17-7-5-4-6-8-17;/h5-19,21-26H,1-4H3;4-9,11-15H,1-3H3;/q2*-1;/i;3D3;. The van der Waals surface area contributed by atoms with E-state index in [4.69, 9.17) is 9.10 Å². The van der Waals surface area contributed by atoms with E-state index in [0.717, 1.165) is 39.2 Å². The van der Waals surface area contributed by atoms with Gasteiger partial charge in [-0.05, 0) is 87.0 Å². The van der Waals surface area contributed by atoms with E-state index >= 15 is 0 Å². The molecule has 0 amide bonds. The molecule has 0 aliphatic rings. The van der Waals surface area contributed by atoms with Crippen molar-refractivity contribution in [2.45, 2.75) is 66.1 Å². The van der Waals surface area contributed by atoms with Crippen molar-refractivity contribution in [3.63, 3.8) is 0 Å². The minimum absolute atomic E-state index is 0. The van der Waals surface area contributed by atoms with Crippen molar-refractivity contribution in [3.05, 3.63) is 210 Å². The van der Waals surface area contributed by atoms with E-state index in [9.17, 15) is 0 Å². The number of fused-ring (bicyclic) bond motifs is 4. The van der Waals surface area contributed by atoms with Gasteiger partial charge in [0.2, 0.25) is 0 Å². The van der Waals surface area contributed by atoms with Gasteiger partial charge in [-0.2, -0.15) is 0 Å². The van der Waals surface area contributed by atoms with Crippen LogP contribution in [0.3, 0.4) is 0 Å². The molecule has 0 unspecified atom stereocenters. The fraction of sp³-hybridized carbons (Fsp3) is 0.167. The molecule has 0 aliphatic heterocycles. The molecule has 0 bridgehead atoms. The summed E-state index contributed by atoms with van der Waals surface area (Å²) in [5, 5.41) is 4.91. The smallest absolute Gasteiger partial charge is 0.0774 e. The minimum Gasteiger partial charge on any atom is -0.333 e. The Morgan fingerprint density at radius 3 is 1.89 bits per heavy atom. The van der Waals surface area contributed by atoms with Gasteiger partial charge in [-0.3, -0.25) is 4.98 Å². The summed E-state index contributed by atoms with van der Waals surface area (Å²) in [5.41, 5.74) is 14.2. The molecular weight excluding hydrogens is 955 g/mol. The quantitative estimate of drug-likeness (QED) is 0.112. The predicted octanol–water partition coefficient (Wildman–Crippen LogP) is 16.4. The molecular formula is C60H53IrN3-2. The van der Waals surface area contributed by atoms with Crippen molar-refractivity contribution < 1.29 is 24.2 Å². The van der Waals surface area contributed by atoms with Crippen LogP contribution in [-0.4, -0.2) is 14.5 Å². The molecule has 0 spiro atoms. The third kappa shape index (κ3) is 8.87. The number of para-hydroxylation sites is 2. The van der Waals surface area contributed by atoms with E-state index in [1.54, 1.807) is 12.3 Å². The second-order valence-corrected chi connectivity index (χ2v) is 17.2. The number of hydrogen-bond acceptors (Lipinski definition) is 2. The van der Waals surface area contributed by atoms with Crippen LogP contribution in [0.2, 0.25) is 0 Å². The molecule has 8 aromatic carbocycles. The normalized spacial score (nSPS) is 12.2. The Bertz CT molecular complexity index is 3310. The Morgan fingerprint density at radius 2 is 1.19 bits per heavy atom. The molecule has 2 heterocycles. The van der Waals surface area contributed by atoms with Crippen LogP contribution in [0, 0.1) is 19.0 Å². The first-order valence-electron chi connectivity index (χ1n) is 23.5. The third-order valence-corrected chi connectivity index (χ3v) is 12.0. The van der Waals surface area contributed by atoms with Gasteiger partial charge in [0.05, 0.1) is 16.9 Å². The molecule has 0 aliphatic carbocycles. The molecule has 1 radical (unpaired) electrons. The van der Waals surface area contributed by atoms with Crippen molar-refractivity contribution in [2.24, 2.45) is 0 Å². The zero-order valence-corrected chi connectivity index (χ0v) is 39.5. The van der Waals surface area contributed by atoms with Gasteiger partial charge in [-0.25, -0.2) is 0 Å². The first-order chi connectivity index (χ1) is 31.9. The van der Waals surface area contributed by atoms with Crippen molar-refractivity contribution in [1.29, 1.82) is 0 Å². The number of aromatic nitrogens is 3. The van der Waals surface area contributed by atoms with Crippen molar-refractivity contribution in [2.75, 3.05) is 0 Å². The largest absolute Gasteiger partial charge is 0.333 e. The average Bonchev–Trinajstić information content (AvgIpc) is 3.73. The number of benzene rings is 8. The van der Waals surface area contributed by atoms with E-state index in [-0.39, 0.29) is 20.1 Å². The fourth-order valence-corrected chi connectivity index (χ4v) is 8.57. The summed E-state index contributed by atoms with van der Waals surface area (Å²) in [6, 6.07) is 65.2. The Morgan fingerprint density at radius 1 is 0.547 bits per heavy atom. The summed E-state index contributed by atoms with van der Waals surface area (Å²) in [6.45, 7) is 11.3. The van der Waals surface area contributed by atoms with Crippen LogP contribution in [0.25, 0.3) is 83.2 Å². The summed E-state index contributed by atoms with van der Waals surface area (Å²) in [4.78, 5) is 9.69. The zero-order chi connectivity index (χ0) is 46.1. The average molecular weight is 1010 g/mol. The summed E-state index contributed by atoms with van der Waals surface area (Å²) >= 11 is 0. The summed E-state index contributed by atoms with van der Waals surface area (Å²) in [7, 11) is 0. The molecule has 4 heteroatoms. The van der Waals surface area contributed by atoms with Gasteiger partial charge in [0, 0.05) is 36.1 Å². The second kappa shape index (κ2) is 19.1. The molecule has 10 rings (SSSR count). The molecule has 3 nitrogen and oxygen atoms in total. The Balaban J connectivity index is 0.000000201. The molecule has 2 aromatic heterocycles. The van der Waals surface area contributed by atoms with Gasteiger partial charge in [-0.15, -0.1) is 58.5 Å². The molecule has 0 N–H and O–H groups in total. The zero-order valence-electron chi connectivity index (χ0n) is 40.2. The van der Waals surface area contributed by atoms with E-state index in [1.807, 2.05) is 48.5 Å². The maximum atomic E-state index is 7.83. The maximum Gasteiger partial charge on any atom is 0.0774 e. The summed E-state index contributed by atoms with van der Waals surface area (Å²) in [6.07, 6.45) is 1.79. The third-order valence-electron chi connectivity index (χ3n) is 12.0. The maximum absolute atomic E-state index is 7.83. The van der Waals surface area contributed by atoms with Gasteiger partial charge in [0.1, 0.15) is 0 Å². The van der Waals surface area contributed by atoms with Gasteiger partial charge in [0.15, 0.2) is 0 Å². The van der Waals surface area contributed by atoms with Crippen LogP contribution in [-0.2, 0) is 20.1 Å². The van der Waals surface area contributed by atoms with E-state index in [2.05, 4.69) is 178 Å². The van der Waals surface area contributed by atoms with Gasteiger partial charge < -0.3 is 9.55 Å². The number of rotatable bonds is 8. The summed E-state index contributed by atoms with van der Waals surface area (Å²) < 4.78 is 25.9. The first kappa shape index (κ1) is 40.3. The Hall–Kier alpha value is -6.45. The molecule has 64 heavy (non-hydrogen) atoms. The molecule has 0 atom stereocenters. The minimum atomic E-state index is -2.19. The van der Waals surface area contributed by atoms with Crippen molar-refractivity contribution in [1.82, 2.24) is 14.5 Å². The van der Waals surface area contributed by atoms with E-state index in [1.165, 1.54) is 55.0 Å². The Kier molecular flexibility index (Phi) is 12.0.